The molecular formula is C10H18F3NO3. The van der Waals surface area contributed by atoms with E-state index in [1.165, 1.54) is 0 Å². The Bertz CT molecular complexity index is 219. The van der Waals surface area contributed by atoms with Crippen LogP contribution in [-0.2, 0) is 9.53 Å². The van der Waals surface area contributed by atoms with Crippen LogP contribution in [0.2, 0.25) is 0 Å². The van der Waals surface area contributed by atoms with E-state index in [4.69, 9.17) is 5.11 Å². The maximum Gasteiger partial charge on any atom is 0.411 e. The van der Waals surface area contributed by atoms with Crippen molar-refractivity contribution in [2.24, 2.45) is 0 Å². The van der Waals surface area contributed by atoms with Gasteiger partial charge in [0.05, 0.1) is 12.7 Å². The number of amides is 1. The summed E-state index contributed by atoms with van der Waals surface area (Å²) in [7, 11) is 0. The molecule has 0 aromatic heterocycles. The van der Waals surface area contributed by atoms with E-state index in [1.807, 2.05) is 0 Å². The average Bonchev–Trinajstić information content (AvgIpc) is 2.18. The van der Waals surface area contributed by atoms with Crippen LogP contribution in [0, 0.1) is 0 Å². The van der Waals surface area contributed by atoms with Crippen molar-refractivity contribution in [2.75, 3.05) is 19.8 Å². The maximum absolute atomic E-state index is 11.7. The van der Waals surface area contributed by atoms with Gasteiger partial charge in [-0.05, 0) is 19.8 Å². The number of aliphatic hydroxyl groups excluding tert-OH is 1. The molecule has 2 N–H and O–H groups in total. The molecule has 1 atom stereocenters. The molecule has 0 rings (SSSR count). The molecule has 17 heavy (non-hydrogen) atoms. The van der Waals surface area contributed by atoms with Crippen molar-refractivity contribution >= 4 is 5.91 Å². The third-order valence-electron chi connectivity index (χ3n) is 1.86. The standard InChI is InChI=1S/C10H18F3NO3/c1-8(15)3-2-5-14-9(16)4-6-17-7-10(11,12)13/h8,15H,2-7H2,1H3,(H,14,16). The van der Waals surface area contributed by atoms with Crippen molar-refractivity contribution in [3.63, 3.8) is 0 Å². The molecule has 4 nitrogen and oxygen atoms in total. The lowest BCUT2D eigenvalue weighted by Crippen LogP contribution is -2.27. The topological polar surface area (TPSA) is 58.6 Å². The van der Waals surface area contributed by atoms with Crippen LogP contribution in [0.1, 0.15) is 26.2 Å². The minimum atomic E-state index is -4.35. The quantitative estimate of drug-likeness (QED) is 0.643. The van der Waals surface area contributed by atoms with Gasteiger partial charge >= 0.3 is 6.18 Å². The van der Waals surface area contributed by atoms with E-state index in [1.54, 1.807) is 6.92 Å². The van der Waals surface area contributed by atoms with Crippen molar-refractivity contribution in [1.29, 1.82) is 0 Å². The van der Waals surface area contributed by atoms with E-state index in [-0.39, 0.29) is 18.9 Å². The molecule has 1 unspecified atom stereocenters. The molecule has 7 heteroatoms. The predicted molar refractivity (Wildman–Crippen MR) is 55.4 cm³/mol. The fourth-order valence-corrected chi connectivity index (χ4v) is 1.07. The Morgan fingerprint density at radius 3 is 2.65 bits per heavy atom. The van der Waals surface area contributed by atoms with Gasteiger partial charge < -0.3 is 15.2 Å². The highest BCUT2D eigenvalue weighted by Gasteiger charge is 2.27. The molecule has 0 radical (unpaired) electrons. The summed E-state index contributed by atoms with van der Waals surface area (Å²) in [5.41, 5.74) is 0. The van der Waals surface area contributed by atoms with Gasteiger partial charge in [0.25, 0.3) is 0 Å². The molecular weight excluding hydrogens is 239 g/mol. The lowest BCUT2D eigenvalue weighted by Gasteiger charge is -2.08. The van der Waals surface area contributed by atoms with E-state index >= 15 is 0 Å². The van der Waals surface area contributed by atoms with Crippen LogP contribution in [0.3, 0.4) is 0 Å². The SMILES string of the molecule is CC(O)CCCNC(=O)CCOCC(F)(F)F. The molecule has 102 valence electrons. The van der Waals surface area contributed by atoms with Gasteiger partial charge in [0.1, 0.15) is 6.61 Å². The molecule has 0 spiro atoms. The molecule has 0 aromatic carbocycles. The van der Waals surface area contributed by atoms with E-state index in [9.17, 15) is 18.0 Å². The highest BCUT2D eigenvalue weighted by molar-refractivity contribution is 5.75. The largest absolute Gasteiger partial charge is 0.411 e. The predicted octanol–water partition coefficient (Wildman–Crippen LogP) is 1.23. The number of nitrogens with one attached hydrogen (secondary N) is 1. The molecule has 0 aliphatic carbocycles. The second kappa shape index (κ2) is 8.30. The van der Waals surface area contributed by atoms with Gasteiger partial charge in [0.15, 0.2) is 0 Å². The molecule has 0 heterocycles. The number of rotatable bonds is 8. The first-order valence-electron chi connectivity index (χ1n) is 5.40. The van der Waals surface area contributed by atoms with Gasteiger partial charge in [-0.15, -0.1) is 0 Å². The van der Waals surface area contributed by atoms with E-state index in [0.29, 0.717) is 19.4 Å². The summed E-state index contributed by atoms with van der Waals surface area (Å²) in [4.78, 5) is 11.1. The third kappa shape index (κ3) is 13.1. The molecule has 1 amide bonds. The summed E-state index contributed by atoms with van der Waals surface area (Å²) in [6.07, 6.45) is -3.65. The number of carbonyl (C=O) groups is 1. The lowest BCUT2D eigenvalue weighted by atomic mass is 10.2. The second-order valence-electron chi connectivity index (χ2n) is 3.76. The van der Waals surface area contributed by atoms with Crippen molar-refractivity contribution in [3.05, 3.63) is 0 Å². The molecule has 0 saturated carbocycles. The van der Waals surface area contributed by atoms with Crippen LogP contribution < -0.4 is 5.32 Å². The molecule has 0 fully saturated rings. The van der Waals surface area contributed by atoms with Gasteiger partial charge in [-0.25, -0.2) is 0 Å². The van der Waals surface area contributed by atoms with Crippen molar-refractivity contribution in [1.82, 2.24) is 5.32 Å². The zero-order valence-corrected chi connectivity index (χ0v) is 9.72. The fourth-order valence-electron chi connectivity index (χ4n) is 1.07. The first-order valence-corrected chi connectivity index (χ1v) is 5.40. The van der Waals surface area contributed by atoms with Gasteiger partial charge in [-0.1, -0.05) is 0 Å². The molecule has 0 aromatic rings. The maximum atomic E-state index is 11.7. The molecule has 0 aliphatic rings. The normalized spacial score (nSPS) is 13.5. The highest BCUT2D eigenvalue weighted by atomic mass is 19.4. The summed E-state index contributed by atoms with van der Waals surface area (Å²) in [5, 5.41) is 11.5. The monoisotopic (exact) mass is 257 g/mol. The Labute approximate surface area is 98.1 Å². The van der Waals surface area contributed by atoms with Gasteiger partial charge in [-0.3, -0.25) is 4.79 Å². The number of alkyl halides is 3. The summed E-state index contributed by atoms with van der Waals surface area (Å²) in [6.45, 7) is 0.472. The Balaban J connectivity index is 3.35. The Hall–Kier alpha value is -0.820. The minimum Gasteiger partial charge on any atom is -0.393 e. The van der Waals surface area contributed by atoms with Crippen LogP contribution in [0.4, 0.5) is 13.2 Å². The van der Waals surface area contributed by atoms with Gasteiger partial charge in [0.2, 0.25) is 5.91 Å². The first-order chi connectivity index (χ1) is 7.81. The Kier molecular flexibility index (Phi) is 7.90. The van der Waals surface area contributed by atoms with Crippen LogP contribution >= 0.6 is 0 Å². The van der Waals surface area contributed by atoms with Gasteiger partial charge in [0, 0.05) is 13.0 Å². The fraction of sp³-hybridized carbons (Fsp3) is 0.900. The number of hydrogen-bond donors (Lipinski definition) is 2. The van der Waals surface area contributed by atoms with E-state index in [0.717, 1.165) is 0 Å². The van der Waals surface area contributed by atoms with E-state index in [2.05, 4.69) is 10.1 Å². The summed E-state index contributed by atoms with van der Waals surface area (Å²) in [6, 6.07) is 0. The average molecular weight is 257 g/mol. The number of ether oxygens (including phenoxy) is 1. The zero-order chi connectivity index (χ0) is 13.3. The van der Waals surface area contributed by atoms with Crippen LogP contribution in [0.15, 0.2) is 0 Å². The van der Waals surface area contributed by atoms with Crippen LogP contribution in [0.25, 0.3) is 0 Å². The van der Waals surface area contributed by atoms with Crippen molar-refractivity contribution in [3.8, 4) is 0 Å². The lowest BCUT2D eigenvalue weighted by molar-refractivity contribution is -0.174. The number of carbonyl (C=O) groups excluding carboxylic acids is 1. The summed E-state index contributed by atoms with van der Waals surface area (Å²) >= 11 is 0. The van der Waals surface area contributed by atoms with E-state index < -0.39 is 18.9 Å². The summed E-state index contributed by atoms with van der Waals surface area (Å²) in [5.74, 6) is -0.349. The van der Waals surface area contributed by atoms with Crippen LogP contribution in [0.5, 0.6) is 0 Å². The van der Waals surface area contributed by atoms with Crippen molar-refractivity contribution in [2.45, 2.75) is 38.5 Å². The number of hydrogen-bond acceptors (Lipinski definition) is 3. The second-order valence-corrected chi connectivity index (χ2v) is 3.76. The molecule has 0 bridgehead atoms. The minimum absolute atomic E-state index is 0.0925. The molecule has 0 saturated heterocycles. The molecule has 0 aliphatic heterocycles. The van der Waals surface area contributed by atoms with Crippen LogP contribution in [-0.4, -0.2) is 43.1 Å². The number of halogens is 3. The summed E-state index contributed by atoms with van der Waals surface area (Å²) < 4.78 is 39.3. The first kappa shape index (κ1) is 16.2. The Morgan fingerprint density at radius 1 is 1.47 bits per heavy atom. The van der Waals surface area contributed by atoms with Crippen molar-refractivity contribution < 1.29 is 27.8 Å². The van der Waals surface area contributed by atoms with Gasteiger partial charge in [-0.2, -0.15) is 13.2 Å². The highest BCUT2D eigenvalue weighted by Crippen LogP contribution is 2.14. The zero-order valence-electron chi connectivity index (χ0n) is 9.72. The number of aliphatic hydroxyl groups is 1. The Morgan fingerprint density at radius 2 is 2.12 bits per heavy atom. The smallest absolute Gasteiger partial charge is 0.393 e. The third-order valence-corrected chi connectivity index (χ3v) is 1.86.